The maximum atomic E-state index is 2.50. The number of hydrogen-bond acceptors (Lipinski definition) is 0. The third-order valence-corrected chi connectivity index (χ3v) is 5.17. The lowest BCUT2D eigenvalue weighted by molar-refractivity contribution is 0.667. The van der Waals surface area contributed by atoms with Crippen LogP contribution < -0.4 is 0 Å². The Morgan fingerprint density at radius 2 is 1.48 bits per heavy atom. The third-order valence-electron chi connectivity index (χ3n) is 5.17. The molecular formula is C22H19N. The zero-order valence-electron chi connectivity index (χ0n) is 13.1. The lowest BCUT2D eigenvalue weighted by Crippen LogP contribution is -2.06. The summed E-state index contributed by atoms with van der Waals surface area (Å²) in [5.74, 6) is 0. The Balaban J connectivity index is 1.97. The van der Waals surface area contributed by atoms with Crippen LogP contribution in [0.4, 0.5) is 0 Å². The summed E-state index contributed by atoms with van der Waals surface area (Å²) in [4.78, 5) is 0. The quantitative estimate of drug-likeness (QED) is 0.427. The van der Waals surface area contributed by atoms with E-state index in [-0.39, 0.29) is 0 Å². The molecule has 1 nitrogen and oxygen atoms in total. The molecule has 1 aromatic heterocycles. The molecule has 0 amide bonds. The van der Waals surface area contributed by atoms with Crippen molar-refractivity contribution in [1.29, 1.82) is 0 Å². The number of hydrogen-bond donors (Lipinski definition) is 0. The fourth-order valence-corrected chi connectivity index (χ4v) is 4.19. The van der Waals surface area contributed by atoms with Crippen molar-refractivity contribution in [3.05, 3.63) is 78.0 Å². The molecule has 0 saturated carbocycles. The second-order valence-electron chi connectivity index (χ2n) is 6.48. The van der Waals surface area contributed by atoms with E-state index in [0.717, 1.165) is 0 Å². The number of para-hydroxylation sites is 1. The van der Waals surface area contributed by atoms with Crippen LogP contribution in [0, 0.1) is 0 Å². The zero-order valence-corrected chi connectivity index (χ0v) is 13.1. The van der Waals surface area contributed by atoms with E-state index in [1.807, 2.05) is 0 Å². The van der Waals surface area contributed by atoms with Gasteiger partial charge in [0, 0.05) is 16.8 Å². The van der Waals surface area contributed by atoms with Gasteiger partial charge in [0.05, 0.1) is 5.52 Å². The highest BCUT2D eigenvalue weighted by atomic mass is 15.0. The predicted molar refractivity (Wildman–Crippen MR) is 97.4 cm³/mol. The van der Waals surface area contributed by atoms with Crippen molar-refractivity contribution in [3.63, 3.8) is 0 Å². The van der Waals surface area contributed by atoms with Gasteiger partial charge in [-0.15, -0.1) is 0 Å². The molecule has 3 aromatic carbocycles. The van der Waals surface area contributed by atoms with Crippen LogP contribution in [-0.2, 0) is 12.8 Å². The first-order valence-electron chi connectivity index (χ1n) is 8.53. The predicted octanol–water partition coefficient (Wildman–Crippen LogP) is 5.66. The van der Waals surface area contributed by atoms with Crippen LogP contribution in [-0.4, -0.2) is 4.57 Å². The summed E-state index contributed by atoms with van der Waals surface area (Å²) < 4.78 is 2.50. The van der Waals surface area contributed by atoms with Gasteiger partial charge in [0.1, 0.15) is 0 Å². The molecule has 0 N–H and O–H groups in total. The molecule has 5 rings (SSSR count). The Kier molecular flexibility index (Phi) is 2.81. The summed E-state index contributed by atoms with van der Waals surface area (Å²) in [6.07, 6.45) is 5.01. The van der Waals surface area contributed by atoms with Crippen LogP contribution in [0.3, 0.4) is 0 Å². The van der Waals surface area contributed by atoms with Crippen molar-refractivity contribution in [2.45, 2.75) is 25.7 Å². The average Bonchev–Trinajstić information content (AvgIpc) is 2.97. The van der Waals surface area contributed by atoms with E-state index in [4.69, 9.17) is 0 Å². The molecule has 0 spiro atoms. The molecule has 1 aliphatic carbocycles. The van der Waals surface area contributed by atoms with Crippen molar-refractivity contribution in [2.24, 2.45) is 0 Å². The summed E-state index contributed by atoms with van der Waals surface area (Å²) in [5, 5.41) is 4.22. The van der Waals surface area contributed by atoms with Crippen LogP contribution in [0.25, 0.3) is 27.4 Å². The molecule has 1 heterocycles. The van der Waals surface area contributed by atoms with E-state index in [0.29, 0.717) is 0 Å². The van der Waals surface area contributed by atoms with Crippen molar-refractivity contribution in [3.8, 4) is 5.69 Å². The minimum atomic E-state index is 1.19. The molecule has 0 unspecified atom stereocenters. The normalized spacial score (nSPS) is 14.3. The Hall–Kier alpha value is -2.54. The van der Waals surface area contributed by atoms with Gasteiger partial charge in [0.15, 0.2) is 0 Å². The minimum absolute atomic E-state index is 1.19. The number of fused-ring (bicyclic) bond motifs is 5. The van der Waals surface area contributed by atoms with Crippen molar-refractivity contribution in [2.75, 3.05) is 0 Å². The standard InChI is InChI=1S/C22H19N/c1-2-9-17(10-3-1)23-20-13-7-6-12-19(20)22-18-11-5-4-8-16(18)14-15-21(22)23/h1-5,8-11,14-15H,6-7,12-13H2. The number of aromatic nitrogens is 1. The largest absolute Gasteiger partial charge is 0.313 e. The van der Waals surface area contributed by atoms with Crippen LogP contribution >= 0.6 is 0 Å². The summed E-state index contributed by atoms with van der Waals surface area (Å²) in [6, 6.07) is 24.2. The number of aryl methyl sites for hydroxylation is 1. The molecule has 0 aliphatic heterocycles. The lowest BCUT2D eigenvalue weighted by Gasteiger charge is -2.16. The fraction of sp³-hybridized carbons (Fsp3) is 0.182. The van der Waals surface area contributed by atoms with E-state index in [9.17, 15) is 0 Å². The van der Waals surface area contributed by atoms with Gasteiger partial charge in [-0.2, -0.15) is 0 Å². The van der Waals surface area contributed by atoms with E-state index in [1.54, 1.807) is 5.56 Å². The van der Waals surface area contributed by atoms with Gasteiger partial charge in [-0.25, -0.2) is 0 Å². The van der Waals surface area contributed by atoms with Gasteiger partial charge in [-0.1, -0.05) is 48.5 Å². The van der Waals surface area contributed by atoms with E-state index in [1.165, 1.54) is 58.7 Å². The van der Waals surface area contributed by atoms with E-state index in [2.05, 4.69) is 71.3 Å². The molecule has 112 valence electrons. The second kappa shape index (κ2) is 4.99. The Morgan fingerprint density at radius 3 is 2.39 bits per heavy atom. The molecule has 0 saturated heterocycles. The van der Waals surface area contributed by atoms with Crippen molar-refractivity contribution < 1.29 is 0 Å². The van der Waals surface area contributed by atoms with Crippen LogP contribution in [0.5, 0.6) is 0 Å². The lowest BCUT2D eigenvalue weighted by atomic mass is 9.93. The monoisotopic (exact) mass is 297 g/mol. The summed E-state index contributed by atoms with van der Waals surface area (Å²) in [5.41, 5.74) is 5.75. The fourth-order valence-electron chi connectivity index (χ4n) is 4.19. The van der Waals surface area contributed by atoms with Crippen LogP contribution in [0.15, 0.2) is 66.7 Å². The highest BCUT2D eigenvalue weighted by Gasteiger charge is 2.22. The molecule has 1 heteroatoms. The highest BCUT2D eigenvalue weighted by molar-refractivity contribution is 6.09. The molecule has 0 radical (unpaired) electrons. The first-order valence-corrected chi connectivity index (χ1v) is 8.53. The highest BCUT2D eigenvalue weighted by Crippen LogP contribution is 2.38. The first-order chi connectivity index (χ1) is 11.4. The second-order valence-corrected chi connectivity index (χ2v) is 6.48. The van der Waals surface area contributed by atoms with Gasteiger partial charge >= 0.3 is 0 Å². The molecule has 0 bridgehead atoms. The molecule has 23 heavy (non-hydrogen) atoms. The minimum Gasteiger partial charge on any atom is -0.313 e. The van der Waals surface area contributed by atoms with Crippen molar-refractivity contribution in [1.82, 2.24) is 4.57 Å². The van der Waals surface area contributed by atoms with Crippen LogP contribution in [0.2, 0.25) is 0 Å². The third kappa shape index (κ3) is 1.86. The molecule has 0 atom stereocenters. The molecule has 4 aromatic rings. The zero-order chi connectivity index (χ0) is 15.2. The Labute approximate surface area is 136 Å². The van der Waals surface area contributed by atoms with Crippen LogP contribution in [0.1, 0.15) is 24.1 Å². The Morgan fingerprint density at radius 1 is 0.696 bits per heavy atom. The van der Waals surface area contributed by atoms with E-state index < -0.39 is 0 Å². The van der Waals surface area contributed by atoms with Gasteiger partial charge in [-0.3, -0.25) is 0 Å². The van der Waals surface area contributed by atoms with Gasteiger partial charge in [0.25, 0.3) is 0 Å². The van der Waals surface area contributed by atoms with Gasteiger partial charge in [0.2, 0.25) is 0 Å². The van der Waals surface area contributed by atoms with Crippen molar-refractivity contribution >= 4 is 21.7 Å². The summed E-state index contributed by atoms with van der Waals surface area (Å²) in [6.45, 7) is 0. The molecule has 0 fully saturated rings. The van der Waals surface area contributed by atoms with Gasteiger partial charge in [-0.05, 0) is 60.2 Å². The first kappa shape index (κ1) is 13.0. The van der Waals surface area contributed by atoms with Gasteiger partial charge < -0.3 is 4.57 Å². The smallest absolute Gasteiger partial charge is 0.0540 e. The Bertz CT molecular complexity index is 1010. The number of benzene rings is 3. The van der Waals surface area contributed by atoms with E-state index >= 15 is 0 Å². The topological polar surface area (TPSA) is 4.93 Å². The molecule has 1 aliphatic rings. The SMILES string of the molecule is c1ccc(-n2c3c(c4c5ccccc5ccc42)CCCC3)cc1. The summed E-state index contributed by atoms with van der Waals surface area (Å²) >= 11 is 0. The maximum Gasteiger partial charge on any atom is 0.0540 e. The average molecular weight is 297 g/mol. The number of rotatable bonds is 1. The number of nitrogens with zero attached hydrogens (tertiary/aromatic N) is 1. The summed E-state index contributed by atoms with van der Waals surface area (Å²) in [7, 11) is 0. The molecular weight excluding hydrogens is 278 g/mol. The maximum absolute atomic E-state index is 2.50.